The second kappa shape index (κ2) is 7.66. The molecule has 0 amide bonds. The summed E-state index contributed by atoms with van der Waals surface area (Å²) in [7, 11) is 2.27. The van der Waals surface area contributed by atoms with Gasteiger partial charge in [-0.2, -0.15) is 5.26 Å². The first kappa shape index (κ1) is 20.0. The third-order valence-electron chi connectivity index (χ3n) is 7.33. The number of nitriles is 1. The lowest BCUT2D eigenvalue weighted by atomic mass is 9.85. The maximum atomic E-state index is 9.25. The summed E-state index contributed by atoms with van der Waals surface area (Å²) in [6, 6.07) is 20.6. The van der Waals surface area contributed by atoms with Gasteiger partial charge in [0.1, 0.15) is 0 Å². The molecule has 1 aliphatic carbocycles. The van der Waals surface area contributed by atoms with Crippen LogP contribution >= 0.6 is 0 Å². The Morgan fingerprint density at radius 2 is 1.87 bits per heavy atom. The van der Waals surface area contributed by atoms with Crippen molar-refractivity contribution in [2.45, 2.75) is 44.6 Å². The van der Waals surface area contributed by atoms with Crippen LogP contribution in [-0.4, -0.2) is 18.5 Å². The maximum absolute atomic E-state index is 9.25. The molecule has 0 bridgehead atoms. The Hall–Kier alpha value is -2.89. The number of hydrogen-bond donors (Lipinski definition) is 0. The molecule has 0 saturated heterocycles. The van der Waals surface area contributed by atoms with E-state index >= 15 is 0 Å². The van der Waals surface area contributed by atoms with Crippen molar-refractivity contribution in [2.24, 2.45) is 5.92 Å². The molecule has 0 N–H and O–H groups in total. The van der Waals surface area contributed by atoms with E-state index < -0.39 is 0 Å². The minimum atomic E-state index is 0.517. The van der Waals surface area contributed by atoms with Crippen molar-refractivity contribution in [3.63, 3.8) is 0 Å². The highest BCUT2D eigenvalue weighted by Gasteiger charge is 2.40. The molecule has 31 heavy (non-hydrogen) atoms. The first-order valence-electron chi connectivity index (χ1n) is 11.4. The molecule has 156 valence electrons. The SMILES string of the molecule is C=Cc1cc(C2CC2c2ccc3c(c2)C(C(C)C)N(C)CC3)cc2ccc(C#N)cc12. The molecule has 3 unspecified atom stereocenters. The fourth-order valence-corrected chi connectivity index (χ4v) is 5.68. The highest BCUT2D eigenvalue weighted by Crippen LogP contribution is 2.56. The average Bonchev–Trinajstić information content (AvgIpc) is 3.58. The van der Waals surface area contributed by atoms with Crippen molar-refractivity contribution in [2.75, 3.05) is 13.6 Å². The topological polar surface area (TPSA) is 27.0 Å². The number of hydrogen-bond acceptors (Lipinski definition) is 2. The number of rotatable bonds is 4. The van der Waals surface area contributed by atoms with Crippen LogP contribution < -0.4 is 0 Å². The van der Waals surface area contributed by atoms with Crippen LogP contribution in [0.5, 0.6) is 0 Å². The monoisotopic (exact) mass is 406 g/mol. The van der Waals surface area contributed by atoms with Crippen LogP contribution in [0.1, 0.15) is 71.5 Å². The summed E-state index contributed by atoms with van der Waals surface area (Å²) < 4.78 is 0. The number of likely N-dealkylation sites (N-methyl/N-ethyl adjacent to an activating group) is 1. The maximum Gasteiger partial charge on any atom is 0.0991 e. The standard InChI is InChI=1S/C29H30N2/c1-5-20-13-24(14-22-7-6-19(17-30)12-25(20)22)27-16-26(27)23-9-8-21-10-11-31(4)29(18(2)3)28(21)15-23/h5-9,12-15,18,26-27,29H,1,10-11,16H2,2-4H3. The third kappa shape index (κ3) is 3.48. The highest BCUT2D eigenvalue weighted by molar-refractivity contribution is 5.92. The summed E-state index contributed by atoms with van der Waals surface area (Å²) in [6.07, 6.45) is 4.28. The molecular weight excluding hydrogens is 376 g/mol. The van der Waals surface area contributed by atoms with Gasteiger partial charge in [0, 0.05) is 12.6 Å². The average molecular weight is 407 g/mol. The Morgan fingerprint density at radius 1 is 1.06 bits per heavy atom. The van der Waals surface area contributed by atoms with Gasteiger partial charge < -0.3 is 0 Å². The Morgan fingerprint density at radius 3 is 2.61 bits per heavy atom. The molecule has 0 aromatic heterocycles. The lowest BCUT2D eigenvalue weighted by Gasteiger charge is -2.37. The zero-order chi connectivity index (χ0) is 21.7. The molecular formula is C29H30N2. The molecule has 0 spiro atoms. The van der Waals surface area contributed by atoms with Crippen molar-refractivity contribution >= 4 is 16.8 Å². The van der Waals surface area contributed by atoms with E-state index in [1.54, 1.807) is 5.56 Å². The lowest BCUT2D eigenvalue weighted by molar-refractivity contribution is 0.181. The van der Waals surface area contributed by atoms with Gasteiger partial charge in [-0.25, -0.2) is 0 Å². The summed E-state index contributed by atoms with van der Waals surface area (Å²) in [5.74, 6) is 1.78. The van der Waals surface area contributed by atoms with Crippen molar-refractivity contribution in [1.82, 2.24) is 4.90 Å². The van der Waals surface area contributed by atoms with E-state index in [0.717, 1.165) is 23.9 Å². The summed E-state index contributed by atoms with van der Waals surface area (Å²) in [5, 5.41) is 11.6. The Bertz CT molecular complexity index is 1210. The molecule has 1 fully saturated rings. The zero-order valence-corrected chi connectivity index (χ0v) is 18.7. The fourth-order valence-electron chi connectivity index (χ4n) is 5.68. The molecule has 3 aromatic rings. The molecule has 2 aliphatic rings. The van der Waals surface area contributed by atoms with Crippen LogP contribution in [0.15, 0.2) is 55.1 Å². The minimum Gasteiger partial charge on any atom is -0.299 e. The molecule has 5 rings (SSSR count). The van der Waals surface area contributed by atoms with Crippen LogP contribution in [0.4, 0.5) is 0 Å². The molecule has 1 aliphatic heterocycles. The normalized spacial score (nSPS) is 22.9. The quantitative estimate of drug-likeness (QED) is 0.476. The van der Waals surface area contributed by atoms with E-state index in [9.17, 15) is 5.26 Å². The van der Waals surface area contributed by atoms with E-state index in [-0.39, 0.29) is 0 Å². The van der Waals surface area contributed by atoms with Crippen LogP contribution in [0, 0.1) is 17.2 Å². The smallest absolute Gasteiger partial charge is 0.0991 e. The Kier molecular flexibility index (Phi) is 4.95. The van der Waals surface area contributed by atoms with Gasteiger partial charge in [-0.05, 0) is 88.4 Å². The largest absolute Gasteiger partial charge is 0.299 e. The van der Waals surface area contributed by atoms with Crippen molar-refractivity contribution in [3.8, 4) is 6.07 Å². The van der Waals surface area contributed by atoms with Gasteiger partial charge in [-0.3, -0.25) is 4.90 Å². The van der Waals surface area contributed by atoms with E-state index in [1.807, 2.05) is 18.2 Å². The lowest BCUT2D eigenvalue weighted by Crippen LogP contribution is -2.35. The molecule has 2 heteroatoms. The summed E-state index contributed by atoms with van der Waals surface area (Å²) >= 11 is 0. The fraction of sp³-hybridized carbons (Fsp3) is 0.345. The first-order valence-corrected chi connectivity index (χ1v) is 11.4. The molecule has 0 radical (unpaired) electrons. The highest BCUT2D eigenvalue weighted by atomic mass is 15.1. The van der Waals surface area contributed by atoms with Gasteiger partial charge in [0.05, 0.1) is 11.6 Å². The second-order valence-corrected chi connectivity index (χ2v) is 9.69. The first-order chi connectivity index (χ1) is 15.0. The van der Waals surface area contributed by atoms with E-state index in [4.69, 9.17) is 0 Å². The van der Waals surface area contributed by atoms with Gasteiger partial charge in [-0.15, -0.1) is 0 Å². The summed E-state index contributed by atoms with van der Waals surface area (Å²) in [5.41, 5.74) is 7.79. The molecule has 1 saturated carbocycles. The Balaban J connectivity index is 1.48. The van der Waals surface area contributed by atoms with E-state index in [0.29, 0.717) is 29.4 Å². The van der Waals surface area contributed by atoms with Gasteiger partial charge in [0.15, 0.2) is 0 Å². The predicted octanol–water partition coefficient (Wildman–Crippen LogP) is 6.81. The third-order valence-corrected chi connectivity index (χ3v) is 7.33. The molecule has 3 atom stereocenters. The van der Waals surface area contributed by atoms with Gasteiger partial charge >= 0.3 is 0 Å². The van der Waals surface area contributed by atoms with Gasteiger partial charge in [0.25, 0.3) is 0 Å². The second-order valence-electron chi connectivity index (χ2n) is 9.69. The van der Waals surface area contributed by atoms with E-state index in [2.05, 4.69) is 74.8 Å². The number of fused-ring (bicyclic) bond motifs is 2. The summed E-state index contributed by atoms with van der Waals surface area (Å²) in [6.45, 7) is 9.86. The Labute approximate surface area is 185 Å². The van der Waals surface area contributed by atoms with Crippen LogP contribution in [-0.2, 0) is 6.42 Å². The van der Waals surface area contributed by atoms with Crippen molar-refractivity contribution in [3.05, 3.63) is 88.5 Å². The van der Waals surface area contributed by atoms with E-state index in [1.165, 1.54) is 28.5 Å². The summed E-state index contributed by atoms with van der Waals surface area (Å²) in [4.78, 5) is 2.52. The van der Waals surface area contributed by atoms with Crippen LogP contribution in [0.3, 0.4) is 0 Å². The predicted molar refractivity (Wildman–Crippen MR) is 129 cm³/mol. The minimum absolute atomic E-state index is 0.517. The van der Waals surface area contributed by atoms with Crippen molar-refractivity contribution < 1.29 is 0 Å². The van der Waals surface area contributed by atoms with Crippen LogP contribution in [0.2, 0.25) is 0 Å². The number of nitrogens with zero attached hydrogens (tertiary/aromatic N) is 2. The van der Waals surface area contributed by atoms with Crippen molar-refractivity contribution in [1.29, 1.82) is 5.26 Å². The molecule has 2 nitrogen and oxygen atoms in total. The molecule has 1 heterocycles. The van der Waals surface area contributed by atoms with Gasteiger partial charge in [0.2, 0.25) is 0 Å². The zero-order valence-electron chi connectivity index (χ0n) is 18.7. The number of benzene rings is 3. The van der Waals surface area contributed by atoms with Crippen LogP contribution in [0.25, 0.3) is 16.8 Å². The molecule has 3 aromatic carbocycles. The van der Waals surface area contributed by atoms with Gasteiger partial charge in [-0.1, -0.05) is 62.9 Å².